The summed E-state index contributed by atoms with van der Waals surface area (Å²) < 4.78 is 7.52. The minimum Gasteiger partial charge on any atom is -0.341 e. The number of hydrogen-bond donors (Lipinski definition) is 4. The number of benzene rings is 2. The van der Waals surface area contributed by atoms with Gasteiger partial charge in [0.05, 0.1) is 35.9 Å². The Morgan fingerprint density at radius 2 is 0.857 bits per heavy atom. The number of rotatable bonds is 11. The molecule has 2 heterocycles. The fraction of sp³-hybridized carbons (Fsp3) is 0.471. The number of aromatic amines is 2. The van der Waals surface area contributed by atoms with E-state index in [1.807, 2.05) is 12.4 Å². The third-order valence-corrected chi connectivity index (χ3v) is 8.79. The molecule has 4 aromatic rings. The molecule has 0 saturated carbocycles. The van der Waals surface area contributed by atoms with Gasteiger partial charge < -0.3 is 9.97 Å². The smallest absolute Gasteiger partial charge is 0.124 e. The molecule has 4 rings (SSSR count). The first kappa shape index (κ1) is 32.4. The van der Waals surface area contributed by atoms with Crippen molar-refractivity contribution in [3.05, 3.63) is 72.6 Å². The lowest BCUT2D eigenvalue weighted by Gasteiger charge is -2.25. The maximum atomic E-state index is 4.73. The predicted molar refractivity (Wildman–Crippen MR) is 183 cm³/mol. The van der Waals surface area contributed by atoms with Crippen LogP contribution in [0.5, 0.6) is 0 Å². The Kier molecular flexibility index (Phi) is 10.3. The third kappa shape index (κ3) is 8.75. The van der Waals surface area contributed by atoms with Crippen molar-refractivity contribution in [2.24, 2.45) is 11.8 Å². The largest absolute Gasteiger partial charge is 0.341 e. The molecule has 0 spiro atoms. The Hall–Kier alpha value is -2.52. The van der Waals surface area contributed by atoms with Gasteiger partial charge >= 0.3 is 0 Å². The zero-order valence-corrected chi connectivity index (χ0v) is 28.4. The molecule has 6 nitrogen and oxygen atoms in total. The lowest BCUT2D eigenvalue weighted by atomic mass is 10.0. The lowest BCUT2D eigenvalue weighted by molar-refractivity contribution is 0.465. The summed E-state index contributed by atoms with van der Waals surface area (Å²) in [6.07, 6.45) is 3.88. The molecule has 2 aromatic heterocycles. The number of nitrogens with zero attached hydrogens (tertiary/aromatic N) is 2. The Balaban J connectivity index is 1.44. The molecule has 0 aliphatic carbocycles. The highest BCUT2D eigenvalue weighted by Crippen LogP contribution is 2.32. The van der Waals surface area contributed by atoms with Crippen LogP contribution in [0.2, 0.25) is 0 Å². The second-order valence-electron chi connectivity index (χ2n) is 13.6. The number of hydrogen-bond acceptors (Lipinski definition) is 6. The van der Waals surface area contributed by atoms with Gasteiger partial charge in [0.15, 0.2) is 0 Å². The van der Waals surface area contributed by atoms with Gasteiger partial charge in [0, 0.05) is 9.49 Å². The summed E-state index contributed by atoms with van der Waals surface area (Å²) in [4.78, 5) is 16.6. The standard InChI is InChI=1S/C34H48N6S2/c1-21(2)29(39-41-33(5,6)7)31-35-19-27(37-31)25-15-11-23(12-16-25)24-13-17-26(18-14-24)28-20-36-32(38-28)30(22(3)4)40-42-34(8,9)10/h11-22,29-30,39-40H,1-10H3,(H,35,37)(H,36,38). The maximum absolute atomic E-state index is 4.73. The number of aromatic nitrogens is 4. The van der Waals surface area contributed by atoms with Gasteiger partial charge in [0.25, 0.3) is 0 Å². The highest BCUT2D eigenvalue weighted by Gasteiger charge is 2.23. The molecule has 8 heteroatoms. The van der Waals surface area contributed by atoms with E-state index < -0.39 is 0 Å². The molecule has 0 aliphatic heterocycles. The lowest BCUT2D eigenvalue weighted by Crippen LogP contribution is -2.26. The molecule has 0 aliphatic rings. The van der Waals surface area contributed by atoms with Gasteiger partial charge in [-0.25, -0.2) is 9.97 Å². The SMILES string of the molecule is CC(C)C(NSC(C)(C)C)c1ncc(-c2ccc(-c3ccc(-c4cnc(C(NSC(C)(C)C)C(C)C)[nH]4)cc3)cc2)[nH]1. The molecule has 0 bridgehead atoms. The summed E-state index contributed by atoms with van der Waals surface area (Å²) in [5.74, 6) is 2.78. The van der Waals surface area contributed by atoms with E-state index >= 15 is 0 Å². The van der Waals surface area contributed by atoms with Gasteiger partial charge in [-0.1, -0.05) is 100 Å². The number of H-pyrrole nitrogens is 2. The van der Waals surface area contributed by atoms with Crippen LogP contribution < -0.4 is 9.44 Å². The summed E-state index contributed by atoms with van der Waals surface area (Å²) in [5.41, 5.74) is 6.69. The summed E-state index contributed by atoms with van der Waals surface area (Å²) in [7, 11) is 0. The van der Waals surface area contributed by atoms with Crippen molar-refractivity contribution in [2.45, 2.75) is 90.8 Å². The van der Waals surface area contributed by atoms with E-state index in [9.17, 15) is 0 Å². The summed E-state index contributed by atoms with van der Waals surface area (Å²) in [5, 5.41) is 0. The van der Waals surface area contributed by atoms with E-state index in [0.717, 1.165) is 34.2 Å². The first-order valence-corrected chi connectivity index (χ1v) is 16.5. The van der Waals surface area contributed by atoms with Crippen LogP contribution >= 0.6 is 23.9 Å². The molecule has 0 amide bonds. The number of nitrogens with one attached hydrogen (secondary N) is 4. The van der Waals surface area contributed by atoms with Crippen LogP contribution in [0.25, 0.3) is 33.6 Å². The zero-order valence-electron chi connectivity index (χ0n) is 26.8. The summed E-state index contributed by atoms with van der Waals surface area (Å²) in [6.45, 7) is 22.2. The molecule has 2 atom stereocenters. The minimum atomic E-state index is 0.136. The van der Waals surface area contributed by atoms with Crippen molar-refractivity contribution < 1.29 is 0 Å². The average Bonchev–Trinajstić information content (AvgIpc) is 3.58. The fourth-order valence-electron chi connectivity index (χ4n) is 4.46. The molecule has 4 N–H and O–H groups in total. The van der Waals surface area contributed by atoms with E-state index in [4.69, 9.17) is 9.97 Å². The van der Waals surface area contributed by atoms with Crippen LogP contribution in [0.1, 0.15) is 93.0 Å². The monoisotopic (exact) mass is 604 g/mol. The van der Waals surface area contributed by atoms with Gasteiger partial charge in [0.1, 0.15) is 11.6 Å². The quantitative estimate of drug-likeness (QED) is 0.128. The zero-order chi connectivity index (χ0) is 30.7. The first-order valence-electron chi connectivity index (χ1n) is 14.9. The van der Waals surface area contributed by atoms with Crippen LogP contribution in [0.4, 0.5) is 0 Å². The van der Waals surface area contributed by atoms with Crippen molar-refractivity contribution in [3.63, 3.8) is 0 Å². The highest BCUT2D eigenvalue weighted by atomic mass is 32.2. The molecule has 42 heavy (non-hydrogen) atoms. The van der Waals surface area contributed by atoms with Gasteiger partial charge in [-0.3, -0.25) is 9.44 Å². The predicted octanol–water partition coefficient (Wildman–Crippen LogP) is 9.60. The number of imidazole rings is 2. The van der Waals surface area contributed by atoms with Gasteiger partial charge in [0.2, 0.25) is 0 Å². The second-order valence-corrected chi connectivity index (χ2v) is 17.0. The second kappa shape index (κ2) is 13.4. The van der Waals surface area contributed by atoms with Crippen molar-refractivity contribution in [3.8, 4) is 33.6 Å². The molecular weight excluding hydrogens is 557 g/mol. The van der Waals surface area contributed by atoms with E-state index in [2.05, 4.69) is 137 Å². The van der Waals surface area contributed by atoms with Crippen LogP contribution in [-0.2, 0) is 0 Å². The Bertz CT molecular complexity index is 1300. The minimum absolute atomic E-state index is 0.136. The van der Waals surface area contributed by atoms with Crippen molar-refractivity contribution in [1.29, 1.82) is 0 Å². The average molecular weight is 605 g/mol. The van der Waals surface area contributed by atoms with Crippen molar-refractivity contribution in [2.75, 3.05) is 0 Å². The molecule has 226 valence electrons. The molecule has 0 saturated heterocycles. The summed E-state index contributed by atoms with van der Waals surface area (Å²) >= 11 is 3.51. The Morgan fingerprint density at radius 1 is 0.548 bits per heavy atom. The van der Waals surface area contributed by atoms with Gasteiger partial charge in [-0.05, 0) is 75.6 Å². The van der Waals surface area contributed by atoms with E-state index in [1.165, 1.54) is 11.1 Å². The van der Waals surface area contributed by atoms with Crippen molar-refractivity contribution >= 4 is 23.9 Å². The highest BCUT2D eigenvalue weighted by molar-refractivity contribution is 7.98. The van der Waals surface area contributed by atoms with Gasteiger partial charge in [-0.15, -0.1) is 0 Å². The van der Waals surface area contributed by atoms with Crippen LogP contribution in [-0.4, -0.2) is 29.4 Å². The first-order chi connectivity index (χ1) is 19.7. The van der Waals surface area contributed by atoms with Crippen LogP contribution in [0.15, 0.2) is 60.9 Å². The van der Waals surface area contributed by atoms with E-state index in [-0.39, 0.29) is 21.6 Å². The van der Waals surface area contributed by atoms with Gasteiger partial charge in [-0.2, -0.15) is 0 Å². The third-order valence-electron chi connectivity index (χ3n) is 6.82. The normalized spacial score (nSPS) is 14.1. The van der Waals surface area contributed by atoms with Crippen LogP contribution in [0, 0.1) is 11.8 Å². The van der Waals surface area contributed by atoms with E-state index in [1.54, 1.807) is 23.9 Å². The molecule has 0 radical (unpaired) electrons. The molecular formula is C34H48N6S2. The molecule has 0 fully saturated rings. The Labute approximate surface area is 261 Å². The van der Waals surface area contributed by atoms with E-state index in [0.29, 0.717) is 11.8 Å². The molecule has 2 unspecified atom stereocenters. The van der Waals surface area contributed by atoms with Crippen molar-refractivity contribution in [1.82, 2.24) is 29.4 Å². The maximum Gasteiger partial charge on any atom is 0.124 e. The molecule has 2 aromatic carbocycles. The fourth-order valence-corrected chi connectivity index (χ4v) is 6.19. The van der Waals surface area contributed by atoms with Crippen LogP contribution in [0.3, 0.4) is 0 Å². The Morgan fingerprint density at radius 3 is 1.14 bits per heavy atom. The topological polar surface area (TPSA) is 81.4 Å². The summed E-state index contributed by atoms with van der Waals surface area (Å²) in [6, 6.07) is 17.7.